The quantitative estimate of drug-likeness (QED) is 0.841. The molecule has 8 nitrogen and oxygen atoms in total. The molecule has 2 heterocycles. The lowest BCUT2D eigenvalue weighted by Gasteiger charge is -2.29. The van der Waals surface area contributed by atoms with Crippen molar-refractivity contribution >= 4 is 27.3 Å². The molecule has 1 saturated heterocycles. The number of aromatic nitrogens is 1. The van der Waals surface area contributed by atoms with Crippen molar-refractivity contribution in [3.8, 4) is 5.75 Å². The van der Waals surface area contributed by atoms with Gasteiger partial charge in [0.05, 0.1) is 24.1 Å². The summed E-state index contributed by atoms with van der Waals surface area (Å²) < 4.78 is 31.4. The van der Waals surface area contributed by atoms with Gasteiger partial charge in [0.2, 0.25) is 15.6 Å². The van der Waals surface area contributed by atoms with Crippen molar-refractivity contribution < 1.29 is 17.9 Å². The Hall–Kier alpha value is -2.81. The van der Waals surface area contributed by atoms with Crippen LogP contribution in [0.4, 0.5) is 11.4 Å². The van der Waals surface area contributed by atoms with E-state index < -0.39 is 15.9 Å². The third-order valence-corrected chi connectivity index (χ3v) is 5.96. The van der Waals surface area contributed by atoms with Crippen molar-refractivity contribution in [2.24, 2.45) is 0 Å². The first-order valence-corrected chi connectivity index (χ1v) is 9.70. The van der Waals surface area contributed by atoms with Gasteiger partial charge in [-0.25, -0.2) is 8.42 Å². The zero-order chi connectivity index (χ0) is 18.7. The standard InChI is InChI=1S/C17H19N3O5S/c1-25-15-6-5-13(19-17(22)12-4-7-16(21)18-11-12)10-14(15)20-8-2-3-9-26(20,23)24/h4-7,10-11H,2-3,8-9H2,1H3,(H,18,21)(H,19,22). The number of pyridine rings is 1. The van der Waals surface area contributed by atoms with Crippen molar-refractivity contribution in [2.45, 2.75) is 12.8 Å². The smallest absolute Gasteiger partial charge is 0.257 e. The number of rotatable bonds is 4. The van der Waals surface area contributed by atoms with Crippen LogP contribution in [0, 0.1) is 0 Å². The van der Waals surface area contributed by atoms with Crippen molar-refractivity contribution in [3.05, 3.63) is 52.4 Å². The van der Waals surface area contributed by atoms with E-state index in [0.717, 1.165) is 6.42 Å². The number of aromatic amines is 1. The van der Waals surface area contributed by atoms with Gasteiger partial charge in [-0.1, -0.05) is 0 Å². The van der Waals surface area contributed by atoms with E-state index in [1.54, 1.807) is 18.2 Å². The number of ether oxygens (including phenoxy) is 1. The second-order valence-electron chi connectivity index (χ2n) is 5.88. The van der Waals surface area contributed by atoms with Crippen molar-refractivity contribution in [1.82, 2.24) is 4.98 Å². The minimum atomic E-state index is -3.41. The molecule has 0 unspecified atom stereocenters. The highest BCUT2D eigenvalue weighted by atomic mass is 32.2. The number of nitrogens with one attached hydrogen (secondary N) is 2. The molecule has 0 radical (unpaired) electrons. The summed E-state index contributed by atoms with van der Waals surface area (Å²) in [5.41, 5.74) is 0.806. The summed E-state index contributed by atoms with van der Waals surface area (Å²) >= 11 is 0. The van der Waals surface area contributed by atoms with E-state index in [-0.39, 0.29) is 16.9 Å². The second kappa shape index (κ2) is 7.20. The van der Waals surface area contributed by atoms with Gasteiger partial charge >= 0.3 is 0 Å². The summed E-state index contributed by atoms with van der Waals surface area (Å²) in [7, 11) is -1.94. The van der Waals surface area contributed by atoms with Crippen LogP contribution in [-0.4, -0.2) is 38.7 Å². The topological polar surface area (TPSA) is 109 Å². The Bertz CT molecular complexity index is 964. The first kappa shape index (κ1) is 18.0. The summed E-state index contributed by atoms with van der Waals surface area (Å²) in [5, 5.41) is 2.70. The lowest BCUT2D eigenvalue weighted by molar-refractivity contribution is 0.102. The molecule has 2 N–H and O–H groups in total. The average Bonchev–Trinajstić information content (AvgIpc) is 2.62. The molecule has 1 aliphatic rings. The number of methoxy groups -OCH3 is 1. The van der Waals surface area contributed by atoms with Crippen LogP contribution in [0.1, 0.15) is 23.2 Å². The van der Waals surface area contributed by atoms with Gasteiger partial charge in [-0.3, -0.25) is 13.9 Å². The molecule has 2 aromatic rings. The summed E-state index contributed by atoms with van der Waals surface area (Å²) in [5.74, 6) is 0.0841. The van der Waals surface area contributed by atoms with Crippen LogP contribution in [0.2, 0.25) is 0 Å². The number of sulfonamides is 1. The molecule has 1 amide bonds. The van der Waals surface area contributed by atoms with Gasteiger partial charge in [-0.15, -0.1) is 0 Å². The maximum absolute atomic E-state index is 12.4. The summed E-state index contributed by atoms with van der Waals surface area (Å²) in [6, 6.07) is 7.48. The van der Waals surface area contributed by atoms with Gasteiger partial charge in [0.1, 0.15) is 5.75 Å². The number of H-pyrrole nitrogens is 1. The van der Waals surface area contributed by atoms with E-state index in [9.17, 15) is 18.0 Å². The Balaban J connectivity index is 1.91. The molecule has 0 bridgehead atoms. The molecule has 26 heavy (non-hydrogen) atoms. The number of hydrogen-bond acceptors (Lipinski definition) is 5. The first-order chi connectivity index (χ1) is 12.4. The number of hydrogen-bond donors (Lipinski definition) is 2. The highest BCUT2D eigenvalue weighted by Gasteiger charge is 2.28. The Kier molecular flexibility index (Phi) is 4.99. The maximum atomic E-state index is 12.4. The molecule has 1 fully saturated rings. The number of amides is 1. The summed E-state index contributed by atoms with van der Waals surface area (Å²) in [4.78, 5) is 25.8. The molecule has 0 atom stereocenters. The van der Waals surface area contributed by atoms with Crippen LogP contribution in [-0.2, 0) is 10.0 Å². The van der Waals surface area contributed by atoms with E-state index in [0.29, 0.717) is 30.1 Å². The number of nitrogens with zero attached hydrogens (tertiary/aromatic N) is 1. The minimum absolute atomic E-state index is 0.0874. The minimum Gasteiger partial charge on any atom is -0.495 e. The van der Waals surface area contributed by atoms with E-state index in [4.69, 9.17) is 4.74 Å². The highest BCUT2D eigenvalue weighted by molar-refractivity contribution is 7.92. The fourth-order valence-electron chi connectivity index (χ4n) is 2.78. The molecule has 0 spiro atoms. The Morgan fingerprint density at radius 2 is 2.04 bits per heavy atom. The van der Waals surface area contributed by atoms with Crippen molar-refractivity contribution in [2.75, 3.05) is 29.0 Å². The molecule has 3 rings (SSSR count). The van der Waals surface area contributed by atoms with Crippen molar-refractivity contribution in [3.63, 3.8) is 0 Å². The van der Waals surface area contributed by atoms with E-state index in [2.05, 4.69) is 10.3 Å². The number of anilines is 2. The molecule has 1 aliphatic heterocycles. The maximum Gasteiger partial charge on any atom is 0.257 e. The predicted molar refractivity (Wildman–Crippen MR) is 98.4 cm³/mol. The zero-order valence-corrected chi connectivity index (χ0v) is 15.0. The van der Waals surface area contributed by atoms with E-state index in [1.165, 1.54) is 29.7 Å². The van der Waals surface area contributed by atoms with Crippen molar-refractivity contribution in [1.29, 1.82) is 0 Å². The van der Waals surface area contributed by atoms with Crippen LogP contribution >= 0.6 is 0 Å². The van der Waals surface area contributed by atoms with Gasteiger partial charge in [-0.05, 0) is 37.1 Å². The van der Waals surface area contributed by atoms with Crippen LogP contribution in [0.3, 0.4) is 0 Å². The number of carbonyl (C=O) groups excluding carboxylic acids is 1. The summed E-state index contributed by atoms with van der Waals surface area (Å²) in [6.45, 7) is 0.371. The molecule has 0 saturated carbocycles. The first-order valence-electron chi connectivity index (χ1n) is 8.09. The summed E-state index contributed by atoms with van der Waals surface area (Å²) in [6.07, 6.45) is 2.71. The van der Waals surface area contributed by atoms with Gasteiger partial charge in [0.25, 0.3) is 5.91 Å². The zero-order valence-electron chi connectivity index (χ0n) is 14.2. The lowest BCUT2D eigenvalue weighted by atomic mass is 10.2. The molecule has 0 aliphatic carbocycles. The average molecular weight is 377 g/mol. The molecular weight excluding hydrogens is 358 g/mol. The third-order valence-electron chi connectivity index (χ3n) is 4.10. The molecule has 1 aromatic heterocycles. The van der Waals surface area contributed by atoms with Gasteiger partial charge in [-0.2, -0.15) is 0 Å². The molecular formula is C17H19N3O5S. The second-order valence-corrected chi connectivity index (χ2v) is 7.89. The normalized spacial score (nSPS) is 16.1. The largest absolute Gasteiger partial charge is 0.495 e. The third kappa shape index (κ3) is 3.72. The van der Waals surface area contributed by atoms with Gasteiger partial charge in [0.15, 0.2) is 0 Å². The molecule has 138 valence electrons. The lowest BCUT2D eigenvalue weighted by Crippen LogP contribution is -2.38. The highest BCUT2D eigenvalue weighted by Crippen LogP contribution is 2.35. The fourth-order valence-corrected chi connectivity index (χ4v) is 4.42. The van der Waals surface area contributed by atoms with Gasteiger partial charge < -0.3 is 15.0 Å². The monoisotopic (exact) mass is 377 g/mol. The Morgan fingerprint density at radius 3 is 2.69 bits per heavy atom. The van der Waals surface area contributed by atoms with E-state index >= 15 is 0 Å². The van der Waals surface area contributed by atoms with Crippen LogP contribution in [0.5, 0.6) is 5.75 Å². The Labute approximate surface area is 150 Å². The fraction of sp³-hybridized carbons (Fsp3) is 0.294. The van der Waals surface area contributed by atoms with Crippen LogP contribution < -0.4 is 19.9 Å². The number of benzene rings is 1. The Morgan fingerprint density at radius 1 is 1.23 bits per heavy atom. The van der Waals surface area contributed by atoms with E-state index in [1.807, 2.05) is 0 Å². The molecule has 9 heteroatoms. The van der Waals surface area contributed by atoms with Gasteiger partial charge in [0, 0.05) is 24.5 Å². The van der Waals surface area contributed by atoms with Crippen LogP contribution in [0.15, 0.2) is 41.3 Å². The number of carbonyl (C=O) groups is 1. The predicted octanol–water partition coefficient (Wildman–Crippen LogP) is 1.57. The SMILES string of the molecule is COc1ccc(NC(=O)c2ccc(=O)[nH]c2)cc1N1CCCCS1(=O)=O. The van der Waals surface area contributed by atoms with Crippen LogP contribution in [0.25, 0.3) is 0 Å². The molecule has 1 aromatic carbocycles.